The van der Waals surface area contributed by atoms with Crippen LogP contribution in [0.1, 0.15) is 31.2 Å². The molecule has 0 aromatic heterocycles. The van der Waals surface area contributed by atoms with Gasteiger partial charge in [-0.3, -0.25) is 4.79 Å². The Morgan fingerprint density at radius 2 is 2.24 bits per heavy atom. The van der Waals surface area contributed by atoms with Gasteiger partial charge in [0.1, 0.15) is 0 Å². The lowest BCUT2D eigenvalue weighted by Crippen LogP contribution is -2.16. The highest BCUT2D eigenvalue weighted by Gasteiger charge is 2.17. The van der Waals surface area contributed by atoms with Crippen LogP contribution in [0.3, 0.4) is 0 Å². The van der Waals surface area contributed by atoms with Crippen LogP contribution in [0.2, 0.25) is 0 Å². The number of esters is 1. The van der Waals surface area contributed by atoms with E-state index < -0.39 is 0 Å². The molecule has 1 aliphatic carbocycles. The Labute approximate surface area is 102 Å². The van der Waals surface area contributed by atoms with Gasteiger partial charge in [-0.25, -0.2) is 0 Å². The molecule has 2 rings (SSSR count). The van der Waals surface area contributed by atoms with Crippen LogP contribution in [0.15, 0.2) is 24.3 Å². The minimum absolute atomic E-state index is 0.157. The monoisotopic (exact) mass is 233 g/mol. The quantitative estimate of drug-likeness (QED) is 0.628. The van der Waals surface area contributed by atoms with E-state index in [2.05, 4.69) is 0 Å². The van der Waals surface area contributed by atoms with E-state index >= 15 is 0 Å². The van der Waals surface area contributed by atoms with Gasteiger partial charge in [0.05, 0.1) is 13.0 Å². The minimum atomic E-state index is -0.157. The van der Waals surface area contributed by atoms with Gasteiger partial charge in [-0.15, -0.1) is 0 Å². The zero-order chi connectivity index (χ0) is 12.1. The Morgan fingerprint density at radius 1 is 1.41 bits per heavy atom. The van der Waals surface area contributed by atoms with E-state index in [0.29, 0.717) is 18.7 Å². The molecule has 92 valence electrons. The lowest BCUT2D eigenvalue weighted by Gasteiger charge is -2.24. The van der Waals surface area contributed by atoms with Crippen molar-refractivity contribution in [2.24, 2.45) is 5.92 Å². The van der Waals surface area contributed by atoms with Crippen molar-refractivity contribution in [3.8, 4) is 0 Å². The maximum atomic E-state index is 11.5. The lowest BCUT2D eigenvalue weighted by molar-refractivity contribution is -0.143. The van der Waals surface area contributed by atoms with Gasteiger partial charge in [0, 0.05) is 5.69 Å². The van der Waals surface area contributed by atoms with Gasteiger partial charge >= 0.3 is 5.97 Å². The standard InChI is InChI=1S/C14H19NO2/c15-13-6-2-5-12(9-13)10-14(16)17-8-7-11-3-1-4-11/h2,5-6,9,11H,1,3-4,7-8,10,15H2. The Bertz CT molecular complexity index is 386. The summed E-state index contributed by atoms with van der Waals surface area (Å²) in [7, 11) is 0. The van der Waals surface area contributed by atoms with Crippen molar-refractivity contribution >= 4 is 11.7 Å². The molecule has 3 nitrogen and oxygen atoms in total. The Kier molecular flexibility index (Phi) is 4.02. The molecule has 3 heteroatoms. The number of hydrogen-bond donors (Lipinski definition) is 1. The van der Waals surface area contributed by atoms with Crippen molar-refractivity contribution in [1.29, 1.82) is 0 Å². The van der Waals surface area contributed by atoms with E-state index in [1.165, 1.54) is 19.3 Å². The highest BCUT2D eigenvalue weighted by Crippen LogP contribution is 2.29. The van der Waals surface area contributed by atoms with Gasteiger partial charge < -0.3 is 10.5 Å². The van der Waals surface area contributed by atoms with Crippen molar-refractivity contribution in [1.82, 2.24) is 0 Å². The smallest absolute Gasteiger partial charge is 0.310 e. The maximum absolute atomic E-state index is 11.5. The number of anilines is 1. The first-order chi connectivity index (χ1) is 8.24. The highest BCUT2D eigenvalue weighted by molar-refractivity contribution is 5.72. The summed E-state index contributed by atoms with van der Waals surface area (Å²) in [5.41, 5.74) is 7.25. The van der Waals surface area contributed by atoms with E-state index in [1.807, 2.05) is 24.3 Å². The zero-order valence-corrected chi connectivity index (χ0v) is 10.0. The molecule has 1 saturated carbocycles. The lowest BCUT2D eigenvalue weighted by atomic mass is 9.83. The number of nitrogens with two attached hydrogens (primary N) is 1. The molecule has 1 aliphatic rings. The molecule has 0 saturated heterocycles. The number of carbonyl (C=O) groups excluding carboxylic acids is 1. The van der Waals surface area contributed by atoms with Crippen LogP contribution >= 0.6 is 0 Å². The maximum Gasteiger partial charge on any atom is 0.310 e. The van der Waals surface area contributed by atoms with Crippen molar-refractivity contribution in [2.45, 2.75) is 32.1 Å². The molecule has 1 fully saturated rings. The average Bonchev–Trinajstić information content (AvgIpc) is 2.22. The van der Waals surface area contributed by atoms with E-state index in [1.54, 1.807) is 0 Å². The Hall–Kier alpha value is -1.51. The van der Waals surface area contributed by atoms with Crippen molar-refractivity contribution in [3.63, 3.8) is 0 Å². The van der Waals surface area contributed by atoms with Crippen LogP contribution in [0.25, 0.3) is 0 Å². The third kappa shape index (κ3) is 3.77. The molecule has 1 aromatic carbocycles. The second kappa shape index (κ2) is 5.71. The molecule has 0 heterocycles. The summed E-state index contributed by atoms with van der Waals surface area (Å²) in [6.45, 7) is 0.561. The van der Waals surface area contributed by atoms with Gasteiger partial charge in [-0.1, -0.05) is 31.4 Å². The molecular weight excluding hydrogens is 214 g/mol. The van der Waals surface area contributed by atoms with Crippen molar-refractivity contribution < 1.29 is 9.53 Å². The van der Waals surface area contributed by atoms with Crippen LogP contribution in [0.5, 0.6) is 0 Å². The second-order valence-corrected chi connectivity index (χ2v) is 4.73. The first-order valence-corrected chi connectivity index (χ1v) is 6.24. The Balaban J connectivity index is 1.69. The zero-order valence-electron chi connectivity index (χ0n) is 10.0. The van der Waals surface area contributed by atoms with Gasteiger partial charge in [0.2, 0.25) is 0 Å². The van der Waals surface area contributed by atoms with Crippen LogP contribution in [-0.4, -0.2) is 12.6 Å². The normalized spacial score (nSPS) is 15.3. The van der Waals surface area contributed by atoms with E-state index in [9.17, 15) is 4.79 Å². The van der Waals surface area contributed by atoms with Crippen LogP contribution in [0.4, 0.5) is 5.69 Å². The largest absolute Gasteiger partial charge is 0.465 e. The number of carbonyl (C=O) groups is 1. The number of nitrogen functional groups attached to an aromatic ring is 1. The summed E-state index contributed by atoms with van der Waals surface area (Å²) in [5, 5.41) is 0. The van der Waals surface area contributed by atoms with E-state index in [-0.39, 0.29) is 5.97 Å². The van der Waals surface area contributed by atoms with Gasteiger partial charge in [-0.2, -0.15) is 0 Å². The number of ether oxygens (including phenoxy) is 1. The van der Waals surface area contributed by atoms with Gasteiger partial charge in [-0.05, 0) is 30.0 Å². The van der Waals surface area contributed by atoms with Crippen LogP contribution in [0, 0.1) is 5.92 Å². The average molecular weight is 233 g/mol. The SMILES string of the molecule is Nc1cccc(CC(=O)OCCC2CCC2)c1. The van der Waals surface area contributed by atoms with E-state index in [4.69, 9.17) is 10.5 Å². The highest BCUT2D eigenvalue weighted by atomic mass is 16.5. The van der Waals surface area contributed by atoms with Crippen LogP contribution in [-0.2, 0) is 16.0 Å². The molecule has 0 radical (unpaired) electrons. The third-order valence-corrected chi connectivity index (χ3v) is 3.31. The Morgan fingerprint density at radius 3 is 2.88 bits per heavy atom. The molecule has 1 aromatic rings. The fourth-order valence-electron chi connectivity index (χ4n) is 2.04. The molecular formula is C14H19NO2. The molecule has 2 N–H and O–H groups in total. The molecule has 0 amide bonds. The predicted octanol–water partition coefficient (Wildman–Crippen LogP) is 2.54. The van der Waals surface area contributed by atoms with Gasteiger partial charge in [0.25, 0.3) is 0 Å². The summed E-state index contributed by atoms with van der Waals surface area (Å²) in [6, 6.07) is 7.37. The molecule has 17 heavy (non-hydrogen) atoms. The topological polar surface area (TPSA) is 52.3 Å². The summed E-state index contributed by atoms with van der Waals surface area (Å²) in [4.78, 5) is 11.5. The first kappa shape index (κ1) is 12.0. The molecule has 0 atom stereocenters. The number of hydrogen-bond acceptors (Lipinski definition) is 3. The molecule has 0 unspecified atom stereocenters. The fourth-order valence-corrected chi connectivity index (χ4v) is 2.04. The molecule has 0 spiro atoms. The van der Waals surface area contributed by atoms with Gasteiger partial charge in [0.15, 0.2) is 0 Å². The minimum Gasteiger partial charge on any atom is -0.465 e. The number of rotatable bonds is 5. The second-order valence-electron chi connectivity index (χ2n) is 4.73. The summed E-state index contributed by atoms with van der Waals surface area (Å²) in [5.74, 6) is 0.630. The predicted molar refractivity (Wildman–Crippen MR) is 67.5 cm³/mol. The van der Waals surface area contributed by atoms with E-state index in [0.717, 1.165) is 17.9 Å². The summed E-state index contributed by atoms with van der Waals surface area (Å²) in [6.07, 6.45) is 5.26. The molecule has 0 aliphatic heterocycles. The summed E-state index contributed by atoms with van der Waals surface area (Å²) < 4.78 is 5.21. The fraction of sp³-hybridized carbons (Fsp3) is 0.500. The van der Waals surface area contributed by atoms with Crippen LogP contribution < -0.4 is 5.73 Å². The third-order valence-electron chi connectivity index (χ3n) is 3.31. The summed E-state index contributed by atoms with van der Waals surface area (Å²) >= 11 is 0. The first-order valence-electron chi connectivity index (χ1n) is 6.24. The number of benzene rings is 1. The van der Waals surface area contributed by atoms with Crippen molar-refractivity contribution in [3.05, 3.63) is 29.8 Å². The van der Waals surface area contributed by atoms with Crippen molar-refractivity contribution in [2.75, 3.05) is 12.3 Å². The molecule has 0 bridgehead atoms.